The summed E-state index contributed by atoms with van der Waals surface area (Å²) >= 11 is 0. The van der Waals surface area contributed by atoms with E-state index >= 15 is 0 Å². The molecule has 15 heavy (non-hydrogen) atoms. The van der Waals surface area contributed by atoms with Crippen LogP contribution in [0, 0.1) is 10.1 Å². The minimum absolute atomic E-state index is 0.359. The van der Waals surface area contributed by atoms with E-state index in [0.717, 1.165) is 6.20 Å². The van der Waals surface area contributed by atoms with Gasteiger partial charge in [0.25, 0.3) is 0 Å². The number of hydrogen-bond acceptors (Lipinski definition) is 5. The van der Waals surface area contributed by atoms with Crippen LogP contribution in [0.3, 0.4) is 0 Å². The first-order chi connectivity index (χ1) is 6.93. The molecule has 0 aliphatic carbocycles. The van der Waals surface area contributed by atoms with Crippen LogP contribution in [-0.2, 0) is 0 Å². The summed E-state index contributed by atoms with van der Waals surface area (Å²) in [4.78, 5) is 25.8. The molecule has 7 heteroatoms. The number of nitro groups is 1. The summed E-state index contributed by atoms with van der Waals surface area (Å²) in [5, 5.41) is 19.3. The maximum Gasteiger partial charge on any atom is 0.342 e. The second-order valence-electron chi connectivity index (χ2n) is 3.02. The van der Waals surface area contributed by atoms with Crippen molar-refractivity contribution in [1.29, 1.82) is 0 Å². The SMILES string of the molecule is CN(C)c1cc(C(=O)O)c([N+](=O)[O-])cn1. The fraction of sp³-hybridized carbons (Fsp3) is 0.250. The molecule has 0 atom stereocenters. The van der Waals surface area contributed by atoms with Crippen molar-refractivity contribution < 1.29 is 14.8 Å². The summed E-state index contributed by atoms with van der Waals surface area (Å²) in [7, 11) is 3.33. The van der Waals surface area contributed by atoms with Gasteiger partial charge in [0.2, 0.25) is 0 Å². The number of carbonyl (C=O) groups is 1. The third kappa shape index (κ3) is 2.19. The average Bonchev–Trinajstić information content (AvgIpc) is 2.16. The van der Waals surface area contributed by atoms with Gasteiger partial charge in [-0.15, -0.1) is 0 Å². The molecule has 1 heterocycles. The van der Waals surface area contributed by atoms with Crippen LogP contribution in [0.2, 0.25) is 0 Å². The summed E-state index contributed by atoms with van der Waals surface area (Å²) in [6.07, 6.45) is 0.943. The first-order valence-electron chi connectivity index (χ1n) is 3.98. The van der Waals surface area contributed by atoms with E-state index in [1.807, 2.05) is 0 Å². The minimum atomic E-state index is -1.34. The number of carboxylic acid groups (broad SMARTS) is 1. The lowest BCUT2D eigenvalue weighted by molar-refractivity contribution is -0.385. The molecule has 1 N–H and O–H groups in total. The summed E-state index contributed by atoms with van der Waals surface area (Å²) in [5.41, 5.74) is -0.869. The topological polar surface area (TPSA) is 96.6 Å². The molecule has 0 aliphatic heterocycles. The minimum Gasteiger partial charge on any atom is -0.477 e. The van der Waals surface area contributed by atoms with Gasteiger partial charge in [-0.05, 0) is 0 Å². The van der Waals surface area contributed by atoms with E-state index < -0.39 is 16.6 Å². The molecule has 0 aromatic carbocycles. The highest BCUT2D eigenvalue weighted by Crippen LogP contribution is 2.21. The van der Waals surface area contributed by atoms with Crippen molar-refractivity contribution in [2.24, 2.45) is 0 Å². The Bertz CT molecular complexity index is 416. The van der Waals surface area contributed by atoms with Gasteiger partial charge in [-0.25, -0.2) is 9.78 Å². The number of anilines is 1. The predicted molar refractivity (Wildman–Crippen MR) is 52.2 cm³/mol. The molecule has 0 bridgehead atoms. The maximum absolute atomic E-state index is 10.8. The number of pyridine rings is 1. The Labute approximate surface area is 85.1 Å². The quantitative estimate of drug-likeness (QED) is 0.585. The van der Waals surface area contributed by atoms with Gasteiger partial charge in [0.05, 0.1) is 4.92 Å². The summed E-state index contributed by atoms with van der Waals surface area (Å²) in [5.74, 6) is -0.981. The van der Waals surface area contributed by atoms with E-state index in [1.165, 1.54) is 6.07 Å². The van der Waals surface area contributed by atoms with Gasteiger partial charge in [0, 0.05) is 20.2 Å². The Hall–Kier alpha value is -2.18. The number of hydrogen-bond donors (Lipinski definition) is 1. The zero-order valence-electron chi connectivity index (χ0n) is 8.17. The third-order valence-corrected chi connectivity index (χ3v) is 1.75. The molecule has 80 valence electrons. The first kappa shape index (κ1) is 10.9. The molecule has 1 aromatic heterocycles. The summed E-state index contributed by atoms with van der Waals surface area (Å²) < 4.78 is 0. The second-order valence-corrected chi connectivity index (χ2v) is 3.02. The van der Waals surface area contributed by atoms with Crippen LogP contribution >= 0.6 is 0 Å². The molecule has 0 aliphatic rings. The largest absolute Gasteiger partial charge is 0.477 e. The first-order valence-corrected chi connectivity index (χ1v) is 3.98. The Morgan fingerprint density at radius 3 is 2.60 bits per heavy atom. The zero-order valence-corrected chi connectivity index (χ0v) is 8.17. The fourth-order valence-electron chi connectivity index (χ4n) is 0.998. The van der Waals surface area contributed by atoms with Crippen molar-refractivity contribution in [1.82, 2.24) is 4.98 Å². The van der Waals surface area contributed by atoms with Gasteiger partial charge in [0.15, 0.2) is 0 Å². The van der Waals surface area contributed by atoms with Crippen molar-refractivity contribution in [3.8, 4) is 0 Å². The molecule has 0 saturated heterocycles. The van der Waals surface area contributed by atoms with Crippen LogP contribution in [0.4, 0.5) is 11.5 Å². The molecule has 1 aromatic rings. The molecule has 0 radical (unpaired) electrons. The highest BCUT2D eigenvalue weighted by Gasteiger charge is 2.21. The zero-order chi connectivity index (χ0) is 11.6. The smallest absolute Gasteiger partial charge is 0.342 e. The van der Waals surface area contributed by atoms with E-state index in [9.17, 15) is 14.9 Å². The molecule has 0 saturated carbocycles. The van der Waals surface area contributed by atoms with Crippen LogP contribution < -0.4 is 4.90 Å². The van der Waals surface area contributed by atoms with E-state index in [2.05, 4.69) is 4.98 Å². The van der Waals surface area contributed by atoms with Gasteiger partial charge >= 0.3 is 11.7 Å². The van der Waals surface area contributed by atoms with Crippen molar-refractivity contribution in [3.63, 3.8) is 0 Å². The Morgan fingerprint density at radius 2 is 2.20 bits per heavy atom. The van der Waals surface area contributed by atoms with Gasteiger partial charge in [0.1, 0.15) is 17.6 Å². The number of rotatable bonds is 3. The summed E-state index contributed by atoms with van der Waals surface area (Å²) in [6, 6.07) is 1.17. The Morgan fingerprint density at radius 1 is 1.60 bits per heavy atom. The Balaban J connectivity index is 3.33. The maximum atomic E-state index is 10.8. The average molecular weight is 211 g/mol. The van der Waals surface area contributed by atoms with Gasteiger partial charge in [-0.1, -0.05) is 0 Å². The molecule has 0 unspecified atom stereocenters. The molecular formula is C8H9N3O4. The Kier molecular flexibility index (Phi) is 2.84. The van der Waals surface area contributed by atoms with Gasteiger partial charge < -0.3 is 10.0 Å². The number of nitrogens with zero attached hydrogens (tertiary/aromatic N) is 3. The molecular weight excluding hydrogens is 202 g/mol. The van der Waals surface area contributed by atoms with E-state index in [0.29, 0.717) is 5.82 Å². The highest BCUT2D eigenvalue weighted by molar-refractivity contribution is 5.93. The monoisotopic (exact) mass is 211 g/mol. The molecule has 0 fully saturated rings. The van der Waals surface area contributed by atoms with Crippen molar-refractivity contribution >= 4 is 17.5 Å². The number of aromatic nitrogens is 1. The number of aromatic carboxylic acids is 1. The fourth-order valence-corrected chi connectivity index (χ4v) is 0.998. The standard InChI is InChI=1S/C8H9N3O4/c1-10(2)7-3-5(8(12)13)6(4-9-7)11(14)15/h3-4H,1-2H3,(H,12,13). The van der Waals surface area contributed by atoms with E-state index in [1.54, 1.807) is 19.0 Å². The van der Waals surface area contributed by atoms with E-state index in [4.69, 9.17) is 5.11 Å². The van der Waals surface area contributed by atoms with Crippen molar-refractivity contribution in [2.45, 2.75) is 0 Å². The van der Waals surface area contributed by atoms with Crippen molar-refractivity contribution in [3.05, 3.63) is 27.9 Å². The lowest BCUT2D eigenvalue weighted by atomic mass is 10.2. The van der Waals surface area contributed by atoms with Crippen LogP contribution in [0.1, 0.15) is 10.4 Å². The third-order valence-electron chi connectivity index (χ3n) is 1.75. The molecule has 0 amide bonds. The van der Waals surface area contributed by atoms with Crippen LogP contribution in [-0.4, -0.2) is 35.1 Å². The predicted octanol–water partition coefficient (Wildman–Crippen LogP) is 0.754. The molecule has 7 nitrogen and oxygen atoms in total. The van der Waals surface area contributed by atoms with Crippen molar-refractivity contribution in [2.75, 3.05) is 19.0 Å². The van der Waals surface area contributed by atoms with Crippen LogP contribution in [0.25, 0.3) is 0 Å². The summed E-state index contributed by atoms with van der Waals surface area (Å²) in [6.45, 7) is 0. The van der Waals surface area contributed by atoms with Crippen LogP contribution in [0.15, 0.2) is 12.3 Å². The van der Waals surface area contributed by atoms with E-state index in [-0.39, 0.29) is 5.56 Å². The molecule has 1 rings (SSSR count). The number of carboxylic acids is 1. The highest BCUT2D eigenvalue weighted by atomic mass is 16.6. The van der Waals surface area contributed by atoms with Gasteiger partial charge in [-0.2, -0.15) is 0 Å². The van der Waals surface area contributed by atoms with Gasteiger partial charge in [-0.3, -0.25) is 10.1 Å². The lowest BCUT2D eigenvalue weighted by Gasteiger charge is -2.10. The normalized spacial score (nSPS) is 9.73. The lowest BCUT2D eigenvalue weighted by Crippen LogP contribution is -2.13. The second kappa shape index (κ2) is 3.91. The molecule has 0 spiro atoms. The van der Waals surface area contributed by atoms with Crippen LogP contribution in [0.5, 0.6) is 0 Å².